The van der Waals surface area contributed by atoms with Gasteiger partial charge in [-0.3, -0.25) is 0 Å². The highest BCUT2D eigenvalue weighted by molar-refractivity contribution is 8.76. The Balaban J connectivity index is 1.38. The van der Waals surface area contributed by atoms with Gasteiger partial charge in [-0.2, -0.15) is 0 Å². The number of fused-ring (bicyclic) bond motifs is 4. The summed E-state index contributed by atoms with van der Waals surface area (Å²) < 4.78 is 27.0. The molecule has 0 spiro atoms. The van der Waals surface area contributed by atoms with Gasteiger partial charge in [0, 0.05) is 40.1 Å². The van der Waals surface area contributed by atoms with Gasteiger partial charge < -0.3 is 0 Å². The summed E-state index contributed by atoms with van der Waals surface area (Å²) in [6.45, 7) is 0. The molecule has 4 atom stereocenters. The van der Waals surface area contributed by atoms with Crippen molar-refractivity contribution in [2.45, 2.75) is 42.9 Å². The van der Waals surface area contributed by atoms with E-state index in [0.717, 1.165) is 54.7 Å². The third-order valence-corrected chi connectivity index (χ3v) is 13.2. The fraction of sp³-hybridized carbons (Fsp3) is 0.143. The van der Waals surface area contributed by atoms with Gasteiger partial charge in [-0.25, -0.2) is 8.42 Å². The van der Waals surface area contributed by atoms with E-state index in [2.05, 4.69) is 12.1 Å². The Labute approximate surface area is 233 Å². The van der Waals surface area contributed by atoms with Crippen molar-refractivity contribution < 1.29 is 8.42 Å². The Hall–Kier alpha value is -1.54. The summed E-state index contributed by atoms with van der Waals surface area (Å²) in [6, 6.07) is 27.3. The van der Waals surface area contributed by atoms with Crippen molar-refractivity contribution in [3.63, 3.8) is 0 Å². The molecule has 2 aliphatic rings. The first kappa shape index (κ1) is 24.8. The fourth-order valence-corrected chi connectivity index (χ4v) is 11.4. The summed E-state index contributed by atoms with van der Waals surface area (Å²) in [4.78, 5) is 3.38. The molecule has 0 N–H and O–H groups in total. The van der Waals surface area contributed by atoms with Gasteiger partial charge in [-0.1, -0.05) is 81.2 Å². The average Bonchev–Trinajstić information content (AvgIpc) is 3.08. The van der Waals surface area contributed by atoms with E-state index in [0.29, 0.717) is 10.0 Å². The fourth-order valence-electron chi connectivity index (χ4n) is 4.77. The van der Waals surface area contributed by atoms with Crippen molar-refractivity contribution in [2.75, 3.05) is 0 Å². The summed E-state index contributed by atoms with van der Waals surface area (Å²) in [6.07, 6.45) is 1.47. The van der Waals surface area contributed by atoms with Crippen LogP contribution < -0.4 is 0 Å². The first-order valence-electron chi connectivity index (χ1n) is 11.4. The lowest BCUT2D eigenvalue weighted by atomic mass is 10.0. The molecular weight excluding hydrogens is 567 g/mol. The first-order chi connectivity index (χ1) is 17.5. The molecule has 0 radical (unpaired) electrons. The van der Waals surface area contributed by atoms with Crippen LogP contribution in [0.1, 0.15) is 32.8 Å². The lowest BCUT2D eigenvalue weighted by molar-refractivity contribution is 0.682. The molecule has 4 aromatic rings. The zero-order chi connectivity index (χ0) is 24.8. The van der Waals surface area contributed by atoms with Crippen LogP contribution in [-0.4, -0.2) is 8.42 Å². The number of rotatable bonds is 3. The molecular formula is C28H20Cl2O2S4. The van der Waals surface area contributed by atoms with Crippen molar-refractivity contribution in [3.05, 3.63) is 117 Å². The van der Waals surface area contributed by atoms with Gasteiger partial charge in [0.2, 0.25) is 0 Å². The molecule has 182 valence electrons. The van der Waals surface area contributed by atoms with E-state index in [1.54, 1.807) is 21.6 Å². The maximum Gasteiger partial charge on any atom is 0.0855 e. The molecule has 36 heavy (non-hydrogen) atoms. The van der Waals surface area contributed by atoms with E-state index >= 15 is 0 Å². The molecule has 0 bridgehead atoms. The van der Waals surface area contributed by atoms with E-state index in [-0.39, 0.29) is 10.5 Å². The molecule has 0 fully saturated rings. The van der Waals surface area contributed by atoms with Crippen LogP contribution in [0.5, 0.6) is 0 Å². The van der Waals surface area contributed by atoms with Crippen LogP contribution in [0.15, 0.2) is 105 Å². The predicted octanol–water partition coefficient (Wildman–Crippen LogP) is 8.60. The molecule has 0 unspecified atom stereocenters. The predicted molar refractivity (Wildman–Crippen MR) is 153 cm³/mol. The summed E-state index contributed by atoms with van der Waals surface area (Å²) >= 11 is 12.7. The molecule has 0 amide bonds. The Morgan fingerprint density at radius 1 is 0.583 bits per heavy atom. The smallest absolute Gasteiger partial charge is 0.0855 e. The number of hydrogen-bond donors (Lipinski definition) is 0. The number of benzene rings is 4. The minimum Gasteiger partial charge on any atom is -0.249 e. The first-order valence-corrected chi connectivity index (χ1v) is 16.7. The lowest BCUT2D eigenvalue weighted by Crippen LogP contribution is -2.02. The zero-order valence-electron chi connectivity index (χ0n) is 18.9. The van der Waals surface area contributed by atoms with Crippen molar-refractivity contribution >= 4 is 66.4 Å². The minimum absolute atomic E-state index is 0.0922. The van der Waals surface area contributed by atoms with Crippen LogP contribution >= 0.6 is 44.8 Å². The molecule has 0 aromatic heterocycles. The normalized spacial score (nSPS) is 22.4. The monoisotopic (exact) mass is 586 g/mol. The molecule has 2 heterocycles. The zero-order valence-corrected chi connectivity index (χ0v) is 23.6. The van der Waals surface area contributed by atoms with Gasteiger partial charge >= 0.3 is 0 Å². The van der Waals surface area contributed by atoms with Crippen molar-refractivity contribution in [1.82, 2.24) is 0 Å². The minimum atomic E-state index is -1.26. The summed E-state index contributed by atoms with van der Waals surface area (Å²) in [5.41, 5.74) is 4.23. The van der Waals surface area contributed by atoms with E-state index in [9.17, 15) is 8.42 Å². The maximum atomic E-state index is 13.5. The number of halogens is 2. The molecule has 4 aromatic carbocycles. The summed E-state index contributed by atoms with van der Waals surface area (Å²) in [7, 11) is 1.07. The van der Waals surface area contributed by atoms with E-state index in [1.165, 1.54) is 0 Å². The molecule has 2 nitrogen and oxygen atoms in total. The SMILES string of the molecule is O=[S@@]1c2ccc(Cl)cc2C[C@@H](SS[C@H]2Cc3cc(Cl)ccc3[S@](=O)c3ccccc32)c2ccccc21. The van der Waals surface area contributed by atoms with Crippen LogP contribution in [0.2, 0.25) is 10.0 Å². The molecule has 0 aliphatic carbocycles. The highest BCUT2D eigenvalue weighted by atomic mass is 35.5. The molecule has 2 aliphatic heterocycles. The molecule has 0 saturated heterocycles. The van der Waals surface area contributed by atoms with Gasteiger partial charge in [0.15, 0.2) is 0 Å². The molecule has 8 heteroatoms. The van der Waals surface area contributed by atoms with Crippen molar-refractivity contribution in [2.24, 2.45) is 0 Å². The second kappa shape index (κ2) is 10.3. The topological polar surface area (TPSA) is 34.1 Å². The van der Waals surface area contributed by atoms with Gasteiger partial charge in [0.25, 0.3) is 0 Å². The van der Waals surface area contributed by atoms with Crippen molar-refractivity contribution in [3.8, 4) is 0 Å². The third-order valence-electron chi connectivity index (χ3n) is 6.47. The van der Waals surface area contributed by atoms with E-state index in [1.807, 2.05) is 72.8 Å². The van der Waals surface area contributed by atoms with Crippen molar-refractivity contribution in [1.29, 1.82) is 0 Å². The lowest BCUT2D eigenvalue weighted by Gasteiger charge is -2.21. The third kappa shape index (κ3) is 4.61. The van der Waals surface area contributed by atoms with Crippen LogP contribution in [0.4, 0.5) is 0 Å². The molecule has 6 rings (SSSR count). The van der Waals surface area contributed by atoms with Gasteiger partial charge in [0.1, 0.15) is 0 Å². The summed E-state index contributed by atoms with van der Waals surface area (Å²) in [5.74, 6) is 0. The summed E-state index contributed by atoms with van der Waals surface area (Å²) in [5, 5.41) is 1.49. The van der Waals surface area contributed by atoms with Crippen LogP contribution in [0, 0.1) is 0 Å². The number of hydrogen-bond acceptors (Lipinski definition) is 4. The quantitative estimate of drug-likeness (QED) is 0.225. The van der Waals surface area contributed by atoms with Gasteiger partial charge in [-0.05, 0) is 83.6 Å². The van der Waals surface area contributed by atoms with Gasteiger partial charge in [0.05, 0.1) is 21.6 Å². The average molecular weight is 588 g/mol. The second-order valence-corrected chi connectivity index (χ2v) is 15.1. The maximum absolute atomic E-state index is 13.5. The van der Waals surface area contributed by atoms with Gasteiger partial charge in [-0.15, -0.1) is 0 Å². The second-order valence-electron chi connectivity index (χ2n) is 8.70. The Bertz CT molecular complexity index is 1420. The van der Waals surface area contributed by atoms with Crippen LogP contribution in [0.25, 0.3) is 0 Å². The highest BCUT2D eigenvalue weighted by Crippen LogP contribution is 2.53. The Kier molecular flexibility index (Phi) is 7.10. The van der Waals surface area contributed by atoms with E-state index in [4.69, 9.17) is 23.2 Å². The van der Waals surface area contributed by atoms with Crippen LogP contribution in [0.3, 0.4) is 0 Å². The largest absolute Gasteiger partial charge is 0.249 e. The Morgan fingerprint density at radius 2 is 1.00 bits per heavy atom. The standard InChI is InChI=1S/C28H20Cl2O2S4/c29-19-9-11-25-17(13-19)15-23(21-5-1-3-7-27(21)35(25)31)33-34-24-16-18-14-20(30)10-12-26(18)36(32)28-8-4-2-6-22(24)28/h1-14,23-24H,15-16H2/t23-,24+,35-,36+. The highest BCUT2D eigenvalue weighted by Gasteiger charge is 2.31. The van der Waals surface area contributed by atoms with Crippen LogP contribution in [-0.2, 0) is 34.4 Å². The Morgan fingerprint density at radius 3 is 1.44 bits per heavy atom. The molecule has 0 saturated carbocycles. The van der Waals surface area contributed by atoms with E-state index < -0.39 is 21.6 Å².